The summed E-state index contributed by atoms with van der Waals surface area (Å²) in [6, 6.07) is 11.1. The Morgan fingerprint density at radius 3 is 2.40 bits per heavy atom. The van der Waals surface area contributed by atoms with Gasteiger partial charge in [-0.25, -0.2) is 5.48 Å². The second kappa shape index (κ2) is 9.15. The Morgan fingerprint density at radius 1 is 1.20 bits per heavy atom. The lowest BCUT2D eigenvalue weighted by atomic mass is 10.00. The van der Waals surface area contributed by atoms with E-state index in [1.54, 1.807) is 25.0 Å². The quantitative estimate of drug-likeness (QED) is 0.569. The van der Waals surface area contributed by atoms with E-state index in [4.69, 9.17) is 9.94 Å². The summed E-state index contributed by atoms with van der Waals surface area (Å²) in [4.78, 5) is 18.4. The molecule has 1 heterocycles. The second-order valence-electron chi connectivity index (χ2n) is 6.28. The molecule has 25 heavy (non-hydrogen) atoms. The van der Waals surface area contributed by atoms with Crippen molar-refractivity contribution in [3.8, 4) is 5.75 Å². The number of aromatic nitrogens is 1. The van der Waals surface area contributed by atoms with Crippen LogP contribution >= 0.6 is 0 Å². The highest BCUT2D eigenvalue weighted by Gasteiger charge is 2.29. The molecule has 0 saturated heterocycles. The molecule has 0 radical (unpaired) electrons. The average molecular weight is 343 g/mol. The first-order valence-electron chi connectivity index (χ1n) is 8.25. The molecule has 0 bridgehead atoms. The molecule has 2 N–H and O–H groups in total. The van der Waals surface area contributed by atoms with Gasteiger partial charge < -0.3 is 4.74 Å². The van der Waals surface area contributed by atoms with Crippen LogP contribution in [0.15, 0.2) is 48.8 Å². The summed E-state index contributed by atoms with van der Waals surface area (Å²) in [6.07, 6.45) is 3.51. The lowest BCUT2D eigenvalue weighted by Crippen LogP contribution is -2.48. The number of rotatable bonds is 8. The minimum atomic E-state index is -0.465. The van der Waals surface area contributed by atoms with Gasteiger partial charge in [0, 0.05) is 25.5 Å². The zero-order valence-corrected chi connectivity index (χ0v) is 14.8. The van der Waals surface area contributed by atoms with Gasteiger partial charge in [-0.15, -0.1) is 0 Å². The van der Waals surface area contributed by atoms with Crippen molar-refractivity contribution in [3.63, 3.8) is 0 Å². The molecule has 0 aliphatic heterocycles. The van der Waals surface area contributed by atoms with Crippen molar-refractivity contribution < 1.29 is 14.7 Å². The first kappa shape index (κ1) is 18.9. The van der Waals surface area contributed by atoms with Gasteiger partial charge >= 0.3 is 0 Å². The smallest absolute Gasteiger partial charge is 0.260 e. The van der Waals surface area contributed by atoms with Crippen molar-refractivity contribution in [2.75, 3.05) is 7.11 Å². The van der Waals surface area contributed by atoms with Gasteiger partial charge in [-0.05, 0) is 35.2 Å². The molecule has 6 nitrogen and oxygen atoms in total. The highest BCUT2D eigenvalue weighted by molar-refractivity contribution is 5.80. The molecular formula is C19H25N3O3. The second-order valence-corrected chi connectivity index (χ2v) is 6.28. The number of ether oxygens (including phenoxy) is 1. The number of carbonyl (C=O) groups excluding carboxylic acids is 1. The predicted octanol–water partition coefficient (Wildman–Crippen LogP) is 2.62. The predicted molar refractivity (Wildman–Crippen MR) is 95.0 cm³/mol. The summed E-state index contributed by atoms with van der Waals surface area (Å²) in [6.45, 7) is 5.04. The van der Waals surface area contributed by atoms with Crippen molar-refractivity contribution in [3.05, 3.63) is 59.9 Å². The molecule has 0 fully saturated rings. The van der Waals surface area contributed by atoms with Crippen LogP contribution in [0.3, 0.4) is 0 Å². The molecule has 1 amide bonds. The van der Waals surface area contributed by atoms with Gasteiger partial charge in [-0.1, -0.05) is 32.0 Å². The Bertz CT molecular complexity index is 659. The number of hydrogen-bond donors (Lipinski definition) is 2. The van der Waals surface area contributed by atoms with E-state index in [0.717, 1.165) is 16.9 Å². The number of nitrogens with zero attached hydrogens (tertiary/aromatic N) is 2. The number of pyridine rings is 1. The maximum absolute atomic E-state index is 12.2. The molecule has 0 aliphatic rings. The molecule has 0 aliphatic carbocycles. The third-order valence-corrected chi connectivity index (χ3v) is 4.06. The summed E-state index contributed by atoms with van der Waals surface area (Å²) in [7, 11) is 1.63. The normalized spacial score (nSPS) is 12.2. The molecule has 1 unspecified atom stereocenters. The number of amides is 1. The fourth-order valence-electron chi connectivity index (χ4n) is 2.90. The maximum Gasteiger partial charge on any atom is 0.260 e. The van der Waals surface area contributed by atoms with Crippen molar-refractivity contribution in [1.82, 2.24) is 15.4 Å². The third kappa shape index (κ3) is 5.27. The fraction of sp³-hybridized carbons (Fsp3) is 0.368. The van der Waals surface area contributed by atoms with Crippen molar-refractivity contribution in [2.45, 2.75) is 33.0 Å². The van der Waals surface area contributed by atoms with Gasteiger partial charge in [-0.3, -0.25) is 19.9 Å². The molecule has 6 heteroatoms. The lowest BCUT2D eigenvalue weighted by molar-refractivity contribution is -0.137. The molecule has 1 atom stereocenters. The Kier molecular flexibility index (Phi) is 6.91. The number of methoxy groups -OCH3 is 1. The Balaban J connectivity index is 2.27. The van der Waals surface area contributed by atoms with Crippen LogP contribution in [-0.4, -0.2) is 34.1 Å². The van der Waals surface area contributed by atoms with E-state index < -0.39 is 11.9 Å². The van der Waals surface area contributed by atoms with Crippen LogP contribution in [-0.2, 0) is 17.9 Å². The van der Waals surface area contributed by atoms with Crippen molar-refractivity contribution in [2.24, 2.45) is 5.92 Å². The van der Waals surface area contributed by atoms with Crippen LogP contribution in [0, 0.1) is 5.92 Å². The van der Waals surface area contributed by atoms with E-state index in [2.05, 4.69) is 4.98 Å². The molecule has 1 aromatic carbocycles. The van der Waals surface area contributed by atoms with Crippen LogP contribution < -0.4 is 10.2 Å². The molecule has 2 rings (SSSR count). The highest BCUT2D eigenvalue weighted by Crippen LogP contribution is 2.20. The SMILES string of the molecule is COc1ccc(CN(Cc2cccnc2)C(C(=O)NO)C(C)C)cc1. The van der Waals surface area contributed by atoms with Gasteiger partial charge in [0.05, 0.1) is 13.2 Å². The molecular weight excluding hydrogens is 318 g/mol. The van der Waals surface area contributed by atoms with Gasteiger partial charge in [0.1, 0.15) is 5.75 Å². The third-order valence-electron chi connectivity index (χ3n) is 4.06. The van der Waals surface area contributed by atoms with E-state index in [9.17, 15) is 4.79 Å². The molecule has 134 valence electrons. The van der Waals surface area contributed by atoms with Crippen LogP contribution in [0.2, 0.25) is 0 Å². The maximum atomic E-state index is 12.2. The van der Waals surface area contributed by atoms with Crippen molar-refractivity contribution in [1.29, 1.82) is 0 Å². The summed E-state index contributed by atoms with van der Waals surface area (Å²) < 4.78 is 5.19. The highest BCUT2D eigenvalue weighted by atomic mass is 16.5. The van der Waals surface area contributed by atoms with E-state index in [0.29, 0.717) is 13.1 Å². The number of hydrogen-bond acceptors (Lipinski definition) is 5. The van der Waals surface area contributed by atoms with Crippen LogP contribution in [0.4, 0.5) is 0 Å². The van der Waals surface area contributed by atoms with Crippen molar-refractivity contribution >= 4 is 5.91 Å². The van der Waals surface area contributed by atoms with Crippen LogP contribution in [0.1, 0.15) is 25.0 Å². The molecule has 2 aromatic rings. The average Bonchev–Trinajstić information content (AvgIpc) is 2.62. The summed E-state index contributed by atoms with van der Waals surface area (Å²) in [5, 5.41) is 9.15. The topological polar surface area (TPSA) is 74.7 Å². The van der Waals surface area contributed by atoms with Crippen LogP contribution in [0.5, 0.6) is 5.75 Å². The minimum absolute atomic E-state index is 0.0297. The van der Waals surface area contributed by atoms with Gasteiger partial charge in [0.2, 0.25) is 0 Å². The van der Waals surface area contributed by atoms with E-state index in [-0.39, 0.29) is 5.92 Å². The van der Waals surface area contributed by atoms with E-state index in [1.165, 1.54) is 0 Å². The number of carbonyl (C=O) groups is 1. The fourth-order valence-corrected chi connectivity index (χ4v) is 2.90. The summed E-state index contributed by atoms with van der Waals surface area (Å²) >= 11 is 0. The van der Waals surface area contributed by atoms with E-state index in [1.807, 2.05) is 55.1 Å². The largest absolute Gasteiger partial charge is 0.497 e. The Labute approximate surface area is 148 Å². The first-order valence-corrected chi connectivity index (χ1v) is 8.25. The molecule has 1 aromatic heterocycles. The molecule has 0 spiro atoms. The van der Waals surface area contributed by atoms with Gasteiger partial charge in [-0.2, -0.15) is 0 Å². The lowest BCUT2D eigenvalue weighted by Gasteiger charge is -2.32. The standard InChI is InChI=1S/C19H25N3O3/c1-14(2)18(19(23)21-24)22(13-16-5-4-10-20-11-16)12-15-6-8-17(25-3)9-7-15/h4-11,14,18,24H,12-13H2,1-3H3,(H,21,23). The minimum Gasteiger partial charge on any atom is -0.497 e. The van der Waals surface area contributed by atoms with Gasteiger partial charge in [0.15, 0.2) is 0 Å². The zero-order chi connectivity index (χ0) is 18.2. The Hall–Kier alpha value is -2.44. The molecule has 0 saturated carbocycles. The number of hydroxylamine groups is 1. The monoisotopic (exact) mass is 343 g/mol. The first-order chi connectivity index (χ1) is 12.0. The van der Waals surface area contributed by atoms with Gasteiger partial charge in [0.25, 0.3) is 5.91 Å². The number of nitrogens with one attached hydrogen (secondary N) is 1. The van der Waals surface area contributed by atoms with E-state index >= 15 is 0 Å². The summed E-state index contributed by atoms with van der Waals surface area (Å²) in [5.74, 6) is 0.408. The number of benzene rings is 1. The summed E-state index contributed by atoms with van der Waals surface area (Å²) in [5.41, 5.74) is 3.86. The zero-order valence-electron chi connectivity index (χ0n) is 14.8. The Morgan fingerprint density at radius 2 is 1.88 bits per heavy atom. The van der Waals surface area contributed by atoms with Crippen LogP contribution in [0.25, 0.3) is 0 Å².